The molecule has 1 atom stereocenters. The topological polar surface area (TPSA) is 45.4 Å². The summed E-state index contributed by atoms with van der Waals surface area (Å²) in [5.74, 6) is 0. The van der Waals surface area contributed by atoms with E-state index < -0.39 is 0 Å². The van der Waals surface area contributed by atoms with Crippen molar-refractivity contribution in [2.75, 3.05) is 37.8 Å². The van der Waals surface area contributed by atoms with Crippen LogP contribution in [0.2, 0.25) is 0 Å². The van der Waals surface area contributed by atoms with Crippen molar-refractivity contribution in [1.82, 2.24) is 9.88 Å². The van der Waals surface area contributed by atoms with Crippen LogP contribution in [0.5, 0.6) is 0 Å². The molecule has 0 bridgehead atoms. The first-order valence-corrected chi connectivity index (χ1v) is 7.20. The first kappa shape index (κ1) is 13.2. The van der Waals surface area contributed by atoms with E-state index in [1.54, 1.807) is 0 Å². The van der Waals surface area contributed by atoms with Gasteiger partial charge in [0.1, 0.15) is 0 Å². The van der Waals surface area contributed by atoms with Gasteiger partial charge in [-0.15, -0.1) is 0 Å². The molecule has 1 fully saturated rings. The maximum Gasteiger partial charge on any atom is 0.0632 e. The van der Waals surface area contributed by atoms with Crippen LogP contribution in [0.15, 0.2) is 30.6 Å². The van der Waals surface area contributed by atoms with Gasteiger partial charge in [0.05, 0.1) is 11.4 Å². The number of hydrogen-bond acceptors (Lipinski definition) is 4. The second kappa shape index (κ2) is 5.29. The SMILES string of the molecule is CN(C)CC1CCCN1c1ccc2cnccc2c1N. The third kappa shape index (κ3) is 2.31. The van der Waals surface area contributed by atoms with Gasteiger partial charge in [-0.25, -0.2) is 0 Å². The van der Waals surface area contributed by atoms with Gasteiger partial charge in [-0.05, 0) is 39.1 Å². The van der Waals surface area contributed by atoms with E-state index in [1.165, 1.54) is 18.5 Å². The summed E-state index contributed by atoms with van der Waals surface area (Å²) in [6, 6.07) is 6.84. The van der Waals surface area contributed by atoms with Crippen molar-refractivity contribution in [3.8, 4) is 0 Å². The van der Waals surface area contributed by atoms with Crippen LogP contribution in [-0.4, -0.2) is 43.1 Å². The van der Waals surface area contributed by atoms with Crippen LogP contribution in [0, 0.1) is 0 Å². The molecule has 1 aromatic heterocycles. The summed E-state index contributed by atoms with van der Waals surface area (Å²) in [5.41, 5.74) is 8.47. The summed E-state index contributed by atoms with van der Waals surface area (Å²) >= 11 is 0. The van der Waals surface area contributed by atoms with Crippen molar-refractivity contribution >= 4 is 22.1 Å². The van der Waals surface area contributed by atoms with Crippen LogP contribution < -0.4 is 10.6 Å². The van der Waals surface area contributed by atoms with Crippen LogP contribution in [0.1, 0.15) is 12.8 Å². The van der Waals surface area contributed by atoms with Gasteiger partial charge in [0.15, 0.2) is 0 Å². The third-order valence-electron chi connectivity index (χ3n) is 4.10. The summed E-state index contributed by atoms with van der Waals surface area (Å²) in [6.45, 7) is 2.17. The molecule has 0 spiro atoms. The zero-order valence-corrected chi connectivity index (χ0v) is 12.2. The van der Waals surface area contributed by atoms with Gasteiger partial charge < -0.3 is 15.5 Å². The molecule has 4 heteroatoms. The number of nitrogen functional groups attached to an aromatic ring is 1. The van der Waals surface area contributed by atoms with Crippen LogP contribution in [0.4, 0.5) is 11.4 Å². The zero-order valence-electron chi connectivity index (χ0n) is 12.2. The minimum Gasteiger partial charge on any atom is -0.397 e. The third-order valence-corrected chi connectivity index (χ3v) is 4.10. The molecule has 0 aliphatic carbocycles. The first-order chi connectivity index (χ1) is 9.66. The Balaban J connectivity index is 1.99. The lowest BCUT2D eigenvalue weighted by molar-refractivity contribution is 0.372. The fourth-order valence-corrected chi connectivity index (χ4v) is 3.20. The number of anilines is 2. The van der Waals surface area contributed by atoms with Crippen molar-refractivity contribution in [2.24, 2.45) is 0 Å². The predicted octanol–water partition coefficient (Wildman–Crippen LogP) is 2.35. The quantitative estimate of drug-likeness (QED) is 0.870. The molecule has 1 unspecified atom stereocenters. The summed E-state index contributed by atoms with van der Waals surface area (Å²) in [6.07, 6.45) is 6.17. The van der Waals surface area contributed by atoms with E-state index in [9.17, 15) is 0 Å². The normalized spacial score (nSPS) is 19.1. The van der Waals surface area contributed by atoms with E-state index in [4.69, 9.17) is 5.73 Å². The van der Waals surface area contributed by atoms with E-state index in [-0.39, 0.29) is 0 Å². The van der Waals surface area contributed by atoms with E-state index in [1.807, 2.05) is 18.5 Å². The summed E-state index contributed by atoms with van der Waals surface area (Å²) in [7, 11) is 4.26. The maximum absolute atomic E-state index is 6.41. The van der Waals surface area contributed by atoms with Crippen molar-refractivity contribution < 1.29 is 0 Å². The van der Waals surface area contributed by atoms with Crippen LogP contribution in [0.25, 0.3) is 10.8 Å². The standard InChI is InChI=1S/C16H22N4/c1-19(2)11-13-4-3-9-20(13)15-6-5-12-10-18-8-7-14(12)16(15)17/h5-8,10,13H,3-4,9,11,17H2,1-2H3. The van der Waals surface area contributed by atoms with Crippen molar-refractivity contribution in [1.29, 1.82) is 0 Å². The number of benzene rings is 1. The molecule has 3 rings (SSSR count). The Hall–Kier alpha value is -1.81. The molecule has 1 aromatic carbocycles. The van der Waals surface area contributed by atoms with Gasteiger partial charge in [-0.1, -0.05) is 6.07 Å². The molecule has 4 nitrogen and oxygen atoms in total. The Morgan fingerprint density at radius 3 is 3.00 bits per heavy atom. The molecular formula is C16H22N4. The second-order valence-electron chi connectivity index (χ2n) is 5.85. The van der Waals surface area contributed by atoms with Crippen molar-refractivity contribution in [3.05, 3.63) is 30.6 Å². The molecule has 1 aliphatic heterocycles. The Morgan fingerprint density at radius 2 is 2.20 bits per heavy atom. The molecule has 0 saturated carbocycles. The Kier molecular flexibility index (Phi) is 3.49. The molecule has 1 saturated heterocycles. The average molecular weight is 270 g/mol. The number of hydrogen-bond donors (Lipinski definition) is 1. The van der Waals surface area contributed by atoms with Gasteiger partial charge in [0.25, 0.3) is 0 Å². The van der Waals surface area contributed by atoms with E-state index in [0.717, 1.165) is 29.5 Å². The number of pyridine rings is 1. The molecule has 0 radical (unpaired) electrons. The number of likely N-dealkylation sites (N-methyl/N-ethyl adjacent to an activating group) is 1. The van der Waals surface area contributed by atoms with Crippen LogP contribution in [-0.2, 0) is 0 Å². The van der Waals surface area contributed by atoms with Gasteiger partial charge in [-0.3, -0.25) is 4.98 Å². The van der Waals surface area contributed by atoms with Gasteiger partial charge in [-0.2, -0.15) is 0 Å². The van der Waals surface area contributed by atoms with Crippen LogP contribution in [0.3, 0.4) is 0 Å². The number of fused-ring (bicyclic) bond motifs is 1. The molecule has 2 aromatic rings. The first-order valence-electron chi connectivity index (χ1n) is 7.20. The highest BCUT2D eigenvalue weighted by Crippen LogP contribution is 2.35. The Bertz CT molecular complexity index is 608. The molecule has 20 heavy (non-hydrogen) atoms. The Labute approximate surface area is 120 Å². The summed E-state index contributed by atoms with van der Waals surface area (Å²) in [5, 5.41) is 2.21. The van der Waals surface area contributed by atoms with Crippen LogP contribution >= 0.6 is 0 Å². The molecule has 2 heterocycles. The number of nitrogens with zero attached hydrogens (tertiary/aromatic N) is 3. The van der Waals surface area contributed by atoms with E-state index in [0.29, 0.717) is 6.04 Å². The highest BCUT2D eigenvalue weighted by molar-refractivity contribution is 5.98. The number of aromatic nitrogens is 1. The average Bonchev–Trinajstić information content (AvgIpc) is 2.87. The number of rotatable bonds is 3. The lowest BCUT2D eigenvalue weighted by Crippen LogP contribution is -2.37. The predicted molar refractivity (Wildman–Crippen MR) is 85.1 cm³/mol. The lowest BCUT2D eigenvalue weighted by Gasteiger charge is -2.30. The zero-order chi connectivity index (χ0) is 14.1. The van der Waals surface area contributed by atoms with Gasteiger partial charge in [0.2, 0.25) is 0 Å². The smallest absolute Gasteiger partial charge is 0.0632 e. The molecule has 2 N–H and O–H groups in total. The minimum absolute atomic E-state index is 0.562. The van der Waals surface area contributed by atoms with Crippen molar-refractivity contribution in [3.63, 3.8) is 0 Å². The monoisotopic (exact) mass is 270 g/mol. The highest BCUT2D eigenvalue weighted by atomic mass is 15.2. The van der Waals surface area contributed by atoms with E-state index >= 15 is 0 Å². The summed E-state index contributed by atoms with van der Waals surface area (Å²) < 4.78 is 0. The minimum atomic E-state index is 0.562. The summed E-state index contributed by atoms with van der Waals surface area (Å²) in [4.78, 5) is 8.88. The largest absolute Gasteiger partial charge is 0.397 e. The van der Waals surface area contributed by atoms with Crippen molar-refractivity contribution in [2.45, 2.75) is 18.9 Å². The van der Waals surface area contributed by atoms with E-state index in [2.05, 4.69) is 41.0 Å². The second-order valence-corrected chi connectivity index (χ2v) is 5.85. The lowest BCUT2D eigenvalue weighted by atomic mass is 10.1. The molecule has 1 aliphatic rings. The number of nitrogens with two attached hydrogens (primary N) is 1. The fourth-order valence-electron chi connectivity index (χ4n) is 3.20. The highest BCUT2D eigenvalue weighted by Gasteiger charge is 2.26. The fraction of sp³-hybridized carbons (Fsp3) is 0.438. The van der Waals surface area contributed by atoms with Gasteiger partial charge >= 0.3 is 0 Å². The molecule has 0 amide bonds. The maximum atomic E-state index is 6.41. The Morgan fingerprint density at radius 1 is 1.35 bits per heavy atom. The molecule has 106 valence electrons. The molecular weight excluding hydrogens is 248 g/mol. The van der Waals surface area contributed by atoms with Gasteiger partial charge in [0, 0.05) is 42.3 Å².